The van der Waals surface area contributed by atoms with Crippen molar-refractivity contribution in [3.8, 4) is 11.4 Å². The number of nitrogens with one attached hydrogen (secondary N) is 1. The smallest absolute Gasteiger partial charge is 0.338 e. The molecule has 0 atom stereocenters. The number of carbonyl (C=O) groups excluding carboxylic acids is 1. The second-order valence-electron chi connectivity index (χ2n) is 7.65. The lowest BCUT2D eigenvalue weighted by Crippen LogP contribution is -2.49. The molecule has 2 heterocycles. The van der Waals surface area contributed by atoms with Crippen LogP contribution in [-0.4, -0.2) is 52.2 Å². The Morgan fingerprint density at radius 2 is 1.84 bits per heavy atom. The van der Waals surface area contributed by atoms with Gasteiger partial charge in [-0.3, -0.25) is 4.90 Å². The molecule has 1 aliphatic rings. The zero-order chi connectivity index (χ0) is 22.7. The maximum absolute atomic E-state index is 12.9. The first-order valence-electron chi connectivity index (χ1n) is 10.1. The summed E-state index contributed by atoms with van der Waals surface area (Å²) < 4.78 is 44.0. The zero-order valence-electron chi connectivity index (χ0n) is 17.4. The predicted octanol–water partition coefficient (Wildman–Crippen LogP) is 4.41. The van der Waals surface area contributed by atoms with Crippen molar-refractivity contribution in [1.29, 1.82) is 0 Å². The molecule has 1 N–H and O–H groups in total. The van der Waals surface area contributed by atoms with Gasteiger partial charge in [-0.25, -0.2) is 4.79 Å². The number of anilines is 1. The van der Waals surface area contributed by atoms with Gasteiger partial charge in [0, 0.05) is 37.4 Å². The molecule has 4 rings (SSSR count). The average molecular weight is 445 g/mol. The van der Waals surface area contributed by atoms with Crippen LogP contribution >= 0.6 is 0 Å². The highest BCUT2D eigenvalue weighted by atomic mass is 19.4. The Labute approximate surface area is 182 Å². The summed E-state index contributed by atoms with van der Waals surface area (Å²) in [6.07, 6.45) is -4.44. The van der Waals surface area contributed by atoms with Crippen molar-refractivity contribution in [2.45, 2.75) is 19.6 Å². The van der Waals surface area contributed by atoms with E-state index in [0.717, 1.165) is 23.4 Å². The van der Waals surface area contributed by atoms with Gasteiger partial charge in [0.15, 0.2) is 0 Å². The summed E-state index contributed by atoms with van der Waals surface area (Å²) in [6, 6.07) is 12.3. The molecule has 3 aromatic rings. The second-order valence-corrected chi connectivity index (χ2v) is 7.65. The van der Waals surface area contributed by atoms with E-state index in [1.165, 1.54) is 12.1 Å². The Morgan fingerprint density at radius 3 is 2.56 bits per heavy atom. The molecular formula is C22H22F3N5O2. The van der Waals surface area contributed by atoms with E-state index in [4.69, 9.17) is 4.52 Å². The van der Waals surface area contributed by atoms with Crippen LogP contribution in [0.15, 0.2) is 53.1 Å². The maximum Gasteiger partial charge on any atom is 0.416 e. The number of urea groups is 1. The Hall–Kier alpha value is -3.40. The van der Waals surface area contributed by atoms with E-state index in [0.29, 0.717) is 38.6 Å². The molecular weight excluding hydrogens is 423 g/mol. The van der Waals surface area contributed by atoms with Gasteiger partial charge < -0.3 is 14.7 Å². The minimum absolute atomic E-state index is 0.113. The summed E-state index contributed by atoms with van der Waals surface area (Å²) in [5, 5.41) is 6.72. The third-order valence-electron chi connectivity index (χ3n) is 5.20. The van der Waals surface area contributed by atoms with Gasteiger partial charge in [0.2, 0.25) is 11.7 Å². The lowest BCUT2D eigenvalue weighted by atomic mass is 10.1. The first kappa shape index (κ1) is 21.8. The summed E-state index contributed by atoms with van der Waals surface area (Å²) >= 11 is 0. The fourth-order valence-electron chi connectivity index (χ4n) is 3.50. The normalized spacial score (nSPS) is 15.1. The van der Waals surface area contributed by atoms with Crippen LogP contribution in [0.3, 0.4) is 0 Å². The van der Waals surface area contributed by atoms with E-state index >= 15 is 0 Å². The van der Waals surface area contributed by atoms with Crippen molar-refractivity contribution >= 4 is 11.7 Å². The maximum atomic E-state index is 12.9. The molecule has 0 spiro atoms. The largest absolute Gasteiger partial charge is 0.416 e. The number of aromatic nitrogens is 2. The van der Waals surface area contributed by atoms with E-state index in [9.17, 15) is 18.0 Å². The number of benzene rings is 2. The first-order valence-corrected chi connectivity index (χ1v) is 10.1. The number of aryl methyl sites for hydroxylation is 1. The molecule has 0 saturated carbocycles. The molecule has 0 aliphatic carbocycles. The zero-order valence-corrected chi connectivity index (χ0v) is 17.4. The molecule has 32 heavy (non-hydrogen) atoms. The molecule has 0 radical (unpaired) electrons. The summed E-state index contributed by atoms with van der Waals surface area (Å²) in [6.45, 7) is 4.62. The number of piperazine rings is 1. The number of carbonyl (C=O) groups is 1. The Morgan fingerprint density at radius 1 is 1.09 bits per heavy atom. The fraction of sp³-hybridized carbons (Fsp3) is 0.318. The number of hydrogen-bond acceptors (Lipinski definition) is 5. The molecule has 0 bridgehead atoms. The van der Waals surface area contributed by atoms with Gasteiger partial charge in [-0.1, -0.05) is 29.4 Å². The summed E-state index contributed by atoms with van der Waals surface area (Å²) in [5.74, 6) is 0.428. The van der Waals surface area contributed by atoms with E-state index in [-0.39, 0.29) is 17.4 Å². The van der Waals surface area contributed by atoms with Crippen LogP contribution < -0.4 is 5.32 Å². The van der Waals surface area contributed by atoms with Crippen LogP contribution in [0.5, 0.6) is 0 Å². The van der Waals surface area contributed by atoms with E-state index in [2.05, 4.69) is 20.4 Å². The number of alkyl halides is 3. The van der Waals surface area contributed by atoms with E-state index in [1.807, 2.05) is 31.2 Å². The van der Waals surface area contributed by atoms with E-state index < -0.39 is 11.7 Å². The molecule has 1 aromatic heterocycles. The van der Waals surface area contributed by atoms with Gasteiger partial charge in [-0.2, -0.15) is 18.2 Å². The molecule has 1 aliphatic heterocycles. The average Bonchev–Trinajstić information content (AvgIpc) is 3.22. The third kappa shape index (κ3) is 5.25. The highest BCUT2D eigenvalue weighted by Gasteiger charge is 2.31. The lowest BCUT2D eigenvalue weighted by molar-refractivity contribution is -0.137. The Kier molecular flexibility index (Phi) is 6.13. The van der Waals surface area contributed by atoms with Crippen molar-refractivity contribution < 1.29 is 22.5 Å². The highest BCUT2D eigenvalue weighted by Crippen LogP contribution is 2.31. The summed E-state index contributed by atoms with van der Waals surface area (Å²) in [5.41, 5.74) is 1.30. The molecule has 7 nitrogen and oxygen atoms in total. The predicted molar refractivity (Wildman–Crippen MR) is 112 cm³/mol. The van der Waals surface area contributed by atoms with Crippen LogP contribution in [-0.2, 0) is 12.7 Å². The number of rotatable bonds is 4. The van der Waals surface area contributed by atoms with Crippen molar-refractivity contribution in [2.24, 2.45) is 0 Å². The number of nitrogens with zero attached hydrogens (tertiary/aromatic N) is 4. The Balaban J connectivity index is 1.31. The van der Waals surface area contributed by atoms with Crippen LogP contribution in [0.1, 0.15) is 17.0 Å². The molecule has 10 heteroatoms. The topological polar surface area (TPSA) is 74.5 Å². The van der Waals surface area contributed by atoms with Gasteiger partial charge in [-0.05, 0) is 36.8 Å². The molecule has 0 unspecified atom stereocenters. The van der Waals surface area contributed by atoms with Crippen molar-refractivity contribution in [3.63, 3.8) is 0 Å². The summed E-state index contributed by atoms with van der Waals surface area (Å²) in [4.78, 5) is 20.5. The second kappa shape index (κ2) is 8.99. The van der Waals surface area contributed by atoms with E-state index in [1.54, 1.807) is 4.90 Å². The van der Waals surface area contributed by atoms with Crippen molar-refractivity contribution in [3.05, 3.63) is 65.5 Å². The lowest BCUT2D eigenvalue weighted by Gasteiger charge is -2.33. The molecule has 2 amide bonds. The van der Waals surface area contributed by atoms with Crippen molar-refractivity contribution in [1.82, 2.24) is 19.9 Å². The van der Waals surface area contributed by atoms with Crippen LogP contribution in [0.2, 0.25) is 0 Å². The Bertz CT molecular complexity index is 1090. The highest BCUT2D eigenvalue weighted by molar-refractivity contribution is 5.89. The summed E-state index contributed by atoms with van der Waals surface area (Å²) in [7, 11) is 0. The SMILES string of the molecule is Cc1cccc(NC(=O)N2CCN(Cc3nc(-c4cccc(C(F)(F)F)c4)no3)CC2)c1. The number of amides is 2. The van der Waals surface area contributed by atoms with Gasteiger partial charge in [-0.15, -0.1) is 0 Å². The molecule has 1 saturated heterocycles. The standard InChI is InChI=1S/C22H22F3N5O2/c1-15-4-2-7-18(12-15)26-21(31)30-10-8-29(9-11-30)14-19-27-20(28-32-19)16-5-3-6-17(13-16)22(23,24)25/h2-7,12-13H,8-11,14H2,1H3,(H,26,31). The third-order valence-corrected chi connectivity index (χ3v) is 5.20. The molecule has 2 aromatic carbocycles. The molecule has 1 fully saturated rings. The van der Waals surface area contributed by atoms with Crippen molar-refractivity contribution in [2.75, 3.05) is 31.5 Å². The monoisotopic (exact) mass is 445 g/mol. The number of halogens is 3. The van der Waals surface area contributed by atoms with Gasteiger partial charge in [0.25, 0.3) is 0 Å². The first-order chi connectivity index (χ1) is 15.3. The minimum atomic E-state index is -4.44. The molecule has 168 valence electrons. The quantitative estimate of drug-likeness (QED) is 0.644. The minimum Gasteiger partial charge on any atom is -0.338 e. The van der Waals surface area contributed by atoms with Crippen LogP contribution in [0, 0.1) is 6.92 Å². The fourth-order valence-corrected chi connectivity index (χ4v) is 3.50. The van der Waals surface area contributed by atoms with Gasteiger partial charge in [0.05, 0.1) is 12.1 Å². The van der Waals surface area contributed by atoms with Gasteiger partial charge in [0.1, 0.15) is 0 Å². The number of hydrogen-bond donors (Lipinski definition) is 1. The van der Waals surface area contributed by atoms with Crippen LogP contribution in [0.4, 0.5) is 23.7 Å². The van der Waals surface area contributed by atoms with Crippen LogP contribution in [0.25, 0.3) is 11.4 Å². The van der Waals surface area contributed by atoms with Gasteiger partial charge >= 0.3 is 12.2 Å².